The zero-order valence-corrected chi connectivity index (χ0v) is 18.0. The molecule has 0 radical (unpaired) electrons. The van der Waals surface area contributed by atoms with Crippen LogP contribution in [-0.2, 0) is 19.0 Å². The molecule has 2 aliphatic rings. The predicted octanol–water partition coefficient (Wildman–Crippen LogP) is 0.851. The molecule has 2 rings (SSSR count). The van der Waals surface area contributed by atoms with E-state index < -0.39 is 41.6 Å². The summed E-state index contributed by atoms with van der Waals surface area (Å²) in [7, 11) is 0. The number of fused-ring (bicyclic) bond motifs is 1. The van der Waals surface area contributed by atoms with Crippen molar-refractivity contribution in [3.05, 3.63) is 12.2 Å². The van der Waals surface area contributed by atoms with Gasteiger partial charge in [0, 0.05) is 6.08 Å². The number of aliphatic hydroxyl groups excluding tert-OH is 3. The zero-order valence-electron chi connectivity index (χ0n) is 18.0. The van der Waals surface area contributed by atoms with Gasteiger partial charge in [0.15, 0.2) is 5.79 Å². The Labute approximate surface area is 177 Å². The quantitative estimate of drug-likeness (QED) is 0.408. The molecule has 1 saturated heterocycles. The summed E-state index contributed by atoms with van der Waals surface area (Å²) >= 11 is 0. The number of hydrogen-bond acceptors (Lipinski definition) is 9. The van der Waals surface area contributed by atoms with Crippen LogP contribution < -0.4 is 0 Å². The second-order valence-corrected chi connectivity index (χ2v) is 8.82. The van der Waals surface area contributed by atoms with Gasteiger partial charge in [0.25, 0.3) is 5.79 Å². The van der Waals surface area contributed by atoms with Crippen molar-refractivity contribution in [1.82, 2.24) is 0 Å². The smallest absolute Gasteiger partial charge is 0.330 e. The Kier molecular flexibility index (Phi) is 8.43. The molecule has 0 bridgehead atoms. The van der Waals surface area contributed by atoms with Crippen LogP contribution in [0, 0.1) is 0 Å². The summed E-state index contributed by atoms with van der Waals surface area (Å²) in [4.78, 5) is 12.3. The SMILES string of the molecule is CC(O)CCCC1CCCCC[C@@H](O)C(O)[C@]2(O)OC(C)(C)O[C@]2(O)/C=C/C(=O)O1. The minimum absolute atomic E-state index is 0.180. The van der Waals surface area contributed by atoms with Crippen molar-refractivity contribution >= 4 is 5.97 Å². The maximum absolute atomic E-state index is 12.3. The first-order valence-corrected chi connectivity index (χ1v) is 10.7. The molecule has 9 nitrogen and oxygen atoms in total. The lowest BCUT2D eigenvalue weighted by Gasteiger charge is -2.37. The highest BCUT2D eigenvalue weighted by Gasteiger charge is 2.66. The van der Waals surface area contributed by atoms with Crippen molar-refractivity contribution in [3.63, 3.8) is 0 Å². The Morgan fingerprint density at radius 3 is 2.47 bits per heavy atom. The third-order valence-corrected chi connectivity index (χ3v) is 5.48. The van der Waals surface area contributed by atoms with Crippen molar-refractivity contribution in [2.24, 2.45) is 0 Å². The molecule has 3 unspecified atom stereocenters. The topological polar surface area (TPSA) is 146 Å². The zero-order chi connectivity index (χ0) is 22.6. The summed E-state index contributed by atoms with van der Waals surface area (Å²) < 4.78 is 16.2. The molecule has 6 atom stereocenters. The Hall–Kier alpha value is -1.07. The molecule has 0 spiro atoms. The summed E-state index contributed by atoms with van der Waals surface area (Å²) in [6, 6.07) is 0. The van der Waals surface area contributed by atoms with Gasteiger partial charge < -0.3 is 39.7 Å². The van der Waals surface area contributed by atoms with Crippen LogP contribution in [0.4, 0.5) is 0 Å². The summed E-state index contributed by atoms with van der Waals surface area (Å²) in [5.41, 5.74) is 0. The van der Waals surface area contributed by atoms with Crippen molar-refractivity contribution < 1.29 is 44.5 Å². The standard InChI is InChI=1S/C21H36O9/c1-14(22)8-7-10-15-9-5-4-6-11-16(23)18(25)21(27)20(26,13-12-17(24)28-15)29-19(2,3)30-21/h12-16,18,22-23,25-27H,4-11H2,1-3H3/b13-12+/t14?,15?,16-,18?,20-,21+/m1/s1. The van der Waals surface area contributed by atoms with E-state index >= 15 is 0 Å². The van der Waals surface area contributed by atoms with E-state index in [1.807, 2.05) is 0 Å². The van der Waals surface area contributed by atoms with Gasteiger partial charge in [0.1, 0.15) is 12.2 Å². The second-order valence-electron chi connectivity index (χ2n) is 8.82. The third kappa shape index (κ3) is 6.23. The number of ether oxygens (including phenoxy) is 3. The van der Waals surface area contributed by atoms with Gasteiger partial charge in [-0.15, -0.1) is 0 Å². The second kappa shape index (κ2) is 10.0. The molecule has 30 heavy (non-hydrogen) atoms. The molecule has 174 valence electrons. The summed E-state index contributed by atoms with van der Waals surface area (Å²) in [6.07, 6.45) is 2.47. The van der Waals surface area contributed by atoms with E-state index in [4.69, 9.17) is 14.2 Å². The average molecular weight is 433 g/mol. The van der Waals surface area contributed by atoms with Gasteiger partial charge in [-0.05, 0) is 65.4 Å². The van der Waals surface area contributed by atoms with E-state index in [-0.39, 0.29) is 12.5 Å². The molecule has 5 N–H and O–H groups in total. The van der Waals surface area contributed by atoms with Crippen LogP contribution >= 0.6 is 0 Å². The van der Waals surface area contributed by atoms with Crippen LogP contribution in [0.25, 0.3) is 0 Å². The number of carbonyl (C=O) groups is 1. The van der Waals surface area contributed by atoms with Gasteiger partial charge in [-0.3, -0.25) is 0 Å². The number of hydrogen-bond donors (Lipinski definition) is 5. The molecule has 2 aliphatic heterocycles. The fourth-order valence-corrected chi connectivity index (χ4v) is 3.95. The van der Waals surface area contributed by atoms with Gasteiger partial charge in [-0.1, -0.05) is 12.8 Å². The van der Waals surface area contributed by atoms with Crippen LogP contribution in [0.2, 0.25) is 0 Å². The molecule has 9 heteroatoms. The van der Waals surface area contributed by atoms with E-state index in [0.717, 1.165) is 25.0 Å². The Morgan fingerprint density at radius 2 is 1.80 bits per heavy atom. The van der Waals surface area contributed by atoms with Crippen molar-refractivity contribution in [2.75, 3.05) is 0 Å². The molecule has 0 aromatic rings. The number of cyclic esters (lactones) is 1. The van der Waals surface area contributed by atoms with Crippen LogP contribution in [0.1, 0.15) is 72.1 Å². The minimum atomic E-state index is -2.69. The fourth-order valence-electron chi connectivity index (χ4n) is 3.95. The molecule has 0 amide bonds. The van der Waals surface area contributed by atoms with E-state index in [1.54, 1.807) is 6.92 Å². The molecule has 0 aromatic heterocycles. The molecule has 0 aliphatic carbocycles. The van der Waals surface area contributed by atoms with Gasteiger partial charge >= 0.3 is 5.97 Å². The number of carbonyl (C=O) groups excluding carboxylic acids is 1. The molecule has 1 fully saturated rings. The summed E-state index contributed by atoms with van der Waals surface area (Å²) in [6.45, 7) is 4.55. The number of aliphatic hydroxyl groups is 5. The lowest BCUT2D eigenvalue weighted by Crippen LogP contribution is -2.62. The van der Waals surface area contributed by atoms with Gasteiger partial charge in [0.2, 0.25) is 5.79 Å². The Bertz CT molecular complexity index is 605. The van der Waals surface area contributed by atoms with Gasteiger partial charge in [0.05, 0.1) is 12.2 Å². The molecular weight excluding hydrogens is 396 g/mol. The first-order valence-electron chi connectivity index (χ1n) is 10.7. The first-order chi connectivity index (χ1) is 13.9. The first kappa shape index (κ1) is 25.2. The summed E-state index contributed by atoms with van der Waals surface area (Å²) in [5.74, 6) is -7.50. The highest BCUT2D eigenvalue weighted by atomic mass is 16.9. The summed E-state index contributed by atoms with van der Waals surface area (Å²) in [5, 5.41) is 52.1. The van der Waals surface area contributed by atoms with Crippen LogP contribution in [0.15, 0.2) is 12.2 Å². The molecule has 2 heterocycles. The monoisotopic (exact) mass is 432 g/mol. The Balaban J connectivity index is 2.23. The van der Waals surface area contributed by atoms with Crippen LogP contribution in [-0.4, -0.2) is 73.3 Å². The third-order valence-electron chi connectivity index (χ3n) is 5.48. The number of esters is 1. The van der Waals surface area contributed by atoms with Gasteiger partial charge in [-0.25, -0.2) is 4.79 Å². The fraction of sp³-hybridized carbons (Fsp3) is 0.857. The van der Waals surface area contributed by atoms with Crippen molar-refractivity contribution in [2.45, 2.75) is 114 Å². The maximum atomic E-state index is 12.3. The van der Waals surface area contributed by atoms with Crippen molar-refractivity contribution in [1.29, 1.82) is 0 Å². The highest BCUT2D eigenvalue weighted by Crippen LogP contribution is 2.45. The van der Waals surface area contributed by atoms with Crippen LogP contribution in [0.3, 0.4) is 0 Å². The largest absolute Gasteiger partial charge is 0.459 e. The Morgan fingerprint density at radius 1 is 1.13 bits per heavy atom. The molecular formula is C21H36O9. The van der Waals surface area contributed by atoms with E-state index in [0.29, 0.717) is 32.1 Å². The maximum Gasteiger partial charge on any atom is 0.330 e. The predicted molar refractivity (Wildman–Crippen MR) is 106 cm³/mol. The highest BCUT2D eigenvalue weighted by molar-refractivity contribution is 5.82. The van der Waals surface area contributed by atoms with Crippen molar-refractivity contribution in [3.8, 4) is 0 Å². The lowest BCUT2D eigenvalue weighted by atomic mass is 9.92. The van der Waals surface area contributed by atoms with Crippen LogP contribution in [0.5, 0.6) is 0 Å². The van der Waals surface area contributed by atoms with E-state index in [9.17, 15) is 30.3 Å². The molecule has 0 saturated carbocycles. The minimum Gasteiger partial charge on any atom is -0.459 e. The van der Waals surface area contributed by atoms with E-state index in [2.05, 4.69) is 0 Å². The average Bonchev–Trinajstić information content (AvgIpc) is 2.82. The lowest BCUT2D eigenvalue weighted by molar-refractivity contribution is -0.324. The molecule has 0 aromatic carbocycles. The normalized spacial score (nSPS) is 40.1. The van der Waals surface area contributed by atoms with E-state index in [1.165, 1.54) is 13.8 Å². The number of rotatable bonds is 4. The van der Waals surface area contributed by atoms with Gasteiger partial charge in [-0.2, -0.15) is 0 Å².